The Morgan fingerprint density at radius 3 is 3.06 bits per heavy atom. The van der Waals surface area contributed by atoms with Gasteiger partial charge in [0.1, 0.15) is 5.69 Å². The number of aromatic nitrogens is 2. The van der Waals surface area contributed by atoms with Crippen molar-refractivity contribution in [3.8, 4) is 0 Å². The molecule has 0 bridgehead atoms. The van der Waals surface area contributed by atoms with Crippen LogP contribution in [-0.2, 0) is 4.74 Å². The summed E-state index contributed by atoms with van der Waals surface area (Å²) in [5.41, 5.74) is 5.82. The molecule has 0 atom stereocenters. The van der Waals surface area contributed by atoms with Crippen molar-refractivity contribution < 1.29 is 9.94 Å². The molecule has 0 saturated carbocycles. The number of nitrogens with zero attached hydrogens (tertiary/aromatic N) is 4. The molecule has 3 N–H and O–H groups in total. The number of rotatable bonds is 5. The minimum atomic E-state index is -0.0382. The van der Waals surface area contributed by atoms with Gasteiger partial charge in [-0.25, -0.2) is 9.97 Å². The Bertz CT molecular complexity index is 369. The summed E-state index contributed by atoms with van der Waals surface area (Å²) in [6.07, 6.45) is 1.55. The van der Waals surface area contributed by atoms with Crippen LogP contribution in [-0.4, -0.2) is 48.3 Å². The lowest BCUT2D eigenvalue weighted by Crippen LogP contribution is -2.25. The predicted molar refractivity (Wildman–Crippen MR) is 59.7 cm³/mol. The molecular weight excluding hydrogens is 210 g/mol. The Morgan fingerprint density at radius 1 is 1.69 bits per heavy atom. The van der Waals surface area contributed by atoms with Crippen molar-refractivity contribution in [3.63, 3.8) is 0 Å². The molecule has 0 aliphatic rings. The molecule has 1 aromatic heterocycles. The Hall–Kier alpha value is -1.89. The van der Waals surface area contributed by atoms with Gasteiger partial charge in [-0.1, -0.05) is 5.16 Å². The van der Waals surface area contributed by atoms with Gasteiger partial charge < -0.3 is 20.6 Å². The average Bonchev–Trinajstić information content (AvgIpc) is 2.35. The molecule has 1 aromatic rings. The first-order valence-corrected chi connectivity index (χ1v) is 4.70. The fourth-order valence-corrected chi connectivity index (χ4v) is 1.05. The van der Waals surface area contributed by atoms with Gasteiger partial charge in [0.2, 0.25) is 5.95 Å². The highest BCUT2D eigenvalue weighted by molar-refractivity contribution is 5.95. The predicted octanol–water partition coefficient (Wildman–Crippen LogP) is -0.346. The molecule has 0 saturated heterocycles. The molecule has 0 fully saturated rings. The third-order valence-electron chi connectivity index (χ3n) is 1.99. The Labute approximate surface area is 93.6 Å². The van der Waals surface area contributed by atoms with Crippen LogP contribution >= 0.6 is 0 Å². The number of methoxy groups -OCH3 is 1. The number of ether oxygens (including phenoxy) is 1. The van der Waals surface area contributed by atoms with Crippen LogP contribution in [0.3, 0.4) is 0 Å². The second-order valence-electron chi connectivity index (χ2n) is 3.14. The number of hydrogen-bond acceptors (Lipinski definition) is 6. The summed E-state index contributed by atoms with van der Waals surface area (Å²) in [4.78, 5) is 10.0. The lowest BCUT2D eigenvalue weighted by molar-refractivity contribution is 0.206. The van der Waals surface area contributed by atoms with E-state index in [1.165, 1.54) is 0 Å². The van der Waals surface area contributed by atoms with Crippen LogP contribution in [0.25, 0.3) is 0 Å². The van der Waals surface area contributed by atoms with Gasteiger partial charge in [-0.15, -0.1) is 0 Å². The van der Waals surface area contributed by atoms with Crippen LogP contribution in [0.1, 0.15) is 5.69 Å². The third kappa shape index (κ3) is 3.06. The first-order valence-electron chi connectivity index (χ1n) is 4.70. The molecule has 0 radical (unpaired) electrons. The normalized spacial score (nSPS) is 11.5. The molecule has 16 heavy (non-hydrogen) atoms. The van der Waals surface area contributed by atoms with Crippen LogP contribution < -0.4 is 10.6 Å². The third-order valence-corrected chi connectivity index (χ3v) is 1.99. The van der Waals surface area contributed by atoms with E-state index in [-0.39, 0.29) is 5.84 Å². The minimum absolute atomic E-state index is 0.0382. The van der Waals surface area contributed by atoms with Crippen LogP contribution in [0.4, 0.5) is 5.95 Å². The van der Waals surface area contributed by atoms with Crippen LogP contribution in [0.2, 0.25) is 0 Å². The smallest absolute Gasteiger partial charge is 0.225 e. The van der Waals surface area contributed by atoms with E-state index in [1.54, 1.807) is 19.4 Å². The van der Waals surface area contributed by atoms with E-state index in [9.17, 15) is 0 Å². The SMILES string of the molecule is COCCN(C)c1nccc(/C(N)=N/O)n1. The Morgan fingerprint density at radius 2 is 2.44 bits per heavy atom. The second kappa shape index (κ2) is 5.86. The summed E-state index contributed by atoms with van der Waals surface area (Å²) in [5.74, 6) is 0.463. The van der Waals surface area contributed by atoms with Crippen LogP contribution in [0.15, 0.2) is 17.4 Å². The van der Waals surface area contributed by atoms with Crippen molar-refractivity contribution >= 4 is 11.8 Å². The maximum absolute atomic E-state index is 8.53. The fraction of sp³-hybridized carbons (Fsp3) is 0.444. The zero-order chi connectivity index (χ0) is 12.0. The highest BCUT2D eigenvalue weighted by Gasteiger charge is 2.07. The zero-order valence-electron chi connectivity index (χ0n) is 9.29. The molecule has 0 spiro atoms. The fourth-order valence-electron chi connectivity index (χ4n) is 1.05. The summed E-state index contributed by atoms with van der Waals surface area (Å²) < 4.78 is 4.95. The van der Waals surface area contributed by atoms with Gasteiger partial charge in [-0.05, 0) is 6.07 Å². The van der Waals surface area contributed by atoms with E-state index < -0.39 is 0 Å². The van der Waals surface area contributed by atoms with E-state index in [4.69, 9.17) is 15.7 Å². The highest BCUT2D eigenvalue weighted by Crippen LogP contribution is 2.04. The van der Waals surface area contributed by atoms with Crippen molar-refractivity contribution in [2.75, 3.05) is 32.2 Å². The average molecular weight is 225 g/mol. The largest absolute Gasteiger partial charge is 0.409 e. The highest BCUT2D eigenvalue weighted by atomic mass is 16.5. The number of nitrogens with two attached hydrogens (primary N) is 1. The molecule has 0 amide bonds. The standard InChI is InChI=1S/C9H15N5O2/c1-14(5-6-16-2)9-11-4-3-7(12-9)8(10)13-15/h3-4,15H,5-6H2,1-2H3,(H2,10,13). The number of hydrogen-bond donors (Lipinski definition) is 2. The molecule has 1 rings (SSSR count). The molecule has 88 valence electrons. The van der Waals surface area contributed by atoms with Gasteiger partial charge in [0.05, 0.1) is 6.61 Å². The van der Waals surface area contributed by atoms with Gasteiger partial charge in [-0.3, -0.25) is 0 Å². The molecular formula is C9H15N5O2. The Kier molecular flexibility index (Phi) is 4.46. The molecule has 1 heterocycles. The maximum atomic E-state index is 8.53. The summed E-state index contributed by atoms with van der Waals surface area (Å²) in [6.45, 7) is 1.24. The summed E-state index contributed by atoms with van der Waals surface area (Å²) in [6, 6.07) is 1.57. The van der Waals surface area contributed by atoms with Gasteiger partial charge >= 0.3 is 0 Å². The van der Waals surface area contributed by atoms with Crippen molar-refractivity contribution in [3.05, 3.63) is 18.0 Å². The summed E-state index contributed by atoms with van der Waals surface area (Å²) >= 11 is 0. The lowest BCUT2D eigenvalue weighted by Gasteiger charge is -2.16. The van der Waals surface area contributed by atoms with Crippen molar-refractivity contribution in [2.45, 2.75) is 0 Å². The number of likely N-dealkylation sites (N-methyl/N-ethyl adjacent to an activating group) is 1. The minimum Gasteiger partial charge on any atom is -0.409 e. The number of anilines is 1. The first-order chi connectivity index (χ1) is 7.69. The molecule has 0 unspecified atom stereocenters. The van der Waals surface area contributed by atoms with Crippen LogP contribution in [0.5, 0.6) is 0 Å². The lowest BCUT2D eigenvalue weighted by atomic mass is 10.4. The van der Waals surface area contributed by atoms with E-state index in [1.807, 2.05) is 11.9 Å². The van der Waals surface area contributed by atoms with Crippen molar-refractivity contribution in [1.82, 2.24) is 9.97 Å². The van der Waals surface area contributed by atoms with Gasteiger partial charge in [0.15, 0.2) is 5.84 Å². The molecule has 0 aliphatic carbocycles. The Balaban J connectivity index is 2.81. The van der Waals surface area contributed by atoms with Gasteiger partial charge in [0, 0.05) is 26.9 Å². The second-order valence-corrected chi connectivity index (χ2v) is 3.14. The molecule has 0 aliphatic heterocycles. The molecule has 0 aromatic carbocycles. The van der Waals surface area contributed by atoms with E-state index >= 15 is 0 Å². The van der Waals surface area contributed by atoms with Crippen LogP contribution in [0, 0.1) is 0 Å². The van der Waals surface area contributed by atoms with Gasteiger partial charge in [0.25, 0.3) is 0 Å². The van der Waals surface area contributed by atoms with Crippen molar-refractivity contribution in [1.29, 1.82) is 0 Å². The van der Waals surface area contributed by atoms with Gasteiger partial charge in [-0.2, -0.15) is 0 Å². The maximum Gasteiger partial charge on any atom is 0.225 e. The van der Waals surface area contributed by atoms with Crippen molar-refractivity contribution in [2.24, 2.45) is 10.9 Å². The molecule has 7 nitrogen and oxygen atoms in total. The number of oxime groups is 1. The topological polar surface area (TPSA) is 96.9 Å². The monoisotopic (exact) mass is 225 g/mol. The summed E-state index contributed by atoms with van der Waals surface area (Å²) in [5, 5.41) is 11.4. The van der Waals surface area contributed by atoms with E-state index in [0.29, 0.717) is 24.8 Å². The van der Waals surface area contributed by atoms with E-state index in [2.05, 4.69) is 15.1 Å². The zero-order valence-corrected chi connectivity index (χ0v) is 9.29. The summed E-state index contributed by atoms with van der Waals surface area (Å²) in [7, 11) is 3.46. The number of amidine groups is 1. The van der Waals surface area contributed by atoms with E-state index in [0.717, 1.165) is 0 Å². The molecule has 7 heteroatoms. The quantitative estimate of drug-likeness (QED) is 0.308. The first kappa shape index (κ1) is 12.2.